The molecule has 1 N–H and O–H groups in total. The SMILES string of the molecule is O=C1CN(CC2Cc3ccccc3S2)CC(=O)N1. The maximum Gasteiger partial charge on any atom is 0.240 e. The zero-order valence-electron chi connectivity index (χ0n) is 9.89. The zero-order valence-corrected chi connectivity index (χ0v) is 10.7. The van der Waals surface area contributed by atoms with Crippen LogP contribution in [-0.2, 0) is 16.0 Å². The average Bonchev–Trinajstić information content (AvgIpc) is 2.69. The first-order valence-corrected chi connectivity index (χ1v) is 6.88. The summed E-state index contributed by atoms with van der Waals surface area (Å²) in [5, 5.41) is 2.77. The first-order valence-electron chi connectivity index (χ1n) is 6.00. The third kappa shape index (κ3) is 2.42. The van der Waals surface area contributed by atoms with Crippen molar-refractivity contribution in [3.8, 4) is 0 Å². The summed E-state index contributed by atoms with van der Waals surface area (Å²) in [6.45, 7) is 1.46. The van der Waals surface area contributed by atoms with Crippen molar-refractivity contribution in [1.29, 1.82) is 0 Å². The molecular formula is C13H14N2O2S. The summed E-state index contributed by atoms with van der Waals surface area (Å²) in [5.41, 5.74) is 1.38. The smallest absolute Gasteiger partial charge is 0.240 e. The van der Waals surface area contributed by atoms with Crippen LogP contribution in [-0.4, -0.2) is 41.6 Å². The van der Waals surface area contributed by atoms with E-state index in [-0.39, 0.29) is 11.8 Å². The number of amides is 2. The normalized spacial score (nSPS) is 23.9. The summed E-state index contributed by atoms with van der Waals surface area (Å²) in [5.74, 6) is -0.376. The Morgan fingerprint density at radius 3 is 2.67 bits per heavy atom. The Balaban J connectivity index is 1.62. The van der Waals surface area contributed by atoms with E-state index in [4.69, 9.17) is 0 Å². The molecular weight excluding hydrogens is 248 g/mol. The molecule has 1 aromatic rings. The lowest BCUT2D eigenvalue weighted by Crippen LogP contribution is -2.52. The molecule has 1 atom stereocenters. The molecule has 18 heavy (non-hydrogen) atoms. The third-order valence-corrected chi connectivity index (χ3v) is 4.49. The third-order valence-electron chi connectivity index (χ3n) is 3.19. The number of piperazine rings is 1. The monoisotopic (exact) mass is 262 g/mol. The minimum Gasteiger partial charge on any atom is -0.294 e. The predicted octanol–water partition coefficient (Wildman–Crippen LogP) is 0.662. The first-order chi connectivity index (χ1) is 8.70. The Morgan fingerprint density at radius 1 is 1.22 bits per heavy atom. The number of nitrogens with zero attached hydrogens (tertiary/aromatic N) is 1. The van der Waals surface area contributed by atoms with Gasteiger partial charge < -0.3 is 0 Å². The molecule has 94 valence electrons. The number of fused-ring (bicyclic) bond motifs is 1. The molecule has 1 fully saturated rings. The minimum absolute atomic E-state index is 0.188. The molecule has 3 rings (SSSR count). The van der Waals surface area contributed by atoms with E-state index in [1.807, 2.05) is 22.7 Å². The largest absolute Gasteiger partial charge is 0.294 e. The van der Waals surface area contributed by atoms with Crippen LogP contribution < -0.4 is 5.32 Å². The van der Waals surface area contributed by atoms with Gasteiger partial charge in [0.2, 0.25) is 11.8 Å². The summed E-state index contributed by atoms with van der Waals surface area (Å²) >= 11 is 1.85. The van der Waals surface area contributed by atoms with Gasteiger partial charge in [-0.3, -0.25) is 19.8 Å². The number of benzene rings is 1. The van der Waals surface area contributed by atoms with E-state index in [1.165, 1.54) is 10.5 Å². The van der Waals surface area contributed by atoms with Crippen LogP contribution >= 0.6 is 11.8 Å². The molecule has 2 heterocycles. The second kappa shape index (κ2) is 4.74. The molecule has 0 aromatic heterocycles. The van der Waals surface area contributed by atoms with Crippen molar-refractivity contribution in [2.45, 2.75) is 16.6 Å². The van der Waals surface area contributed by atoms with Crippen LogP contribution in [0, 0.1) is 0 Å². The molecule has 0 aliphatic carbocycles. The Morgan fingerprint density at radius 2 is 1.94 bits per heavy atom. The van der Waals surface area contributed by atoms with E-state index in [9.17, 15) is 9.59 Å². The van der Waals surface area contributed by atoms with Gasteiger partial charge in [0.25, 0.3) is 0 Å². The number of carbonyl (C=O) groups excluding carboxylic acids is 2. The van der Waals surface area contributed by atoms with E-state index in [2.05, 4.69) is 23.5 Å². The van der Waals surface area contributed by atoms with Crippen molar-refractivity contribution >= 4 is 23.6 Å². The summed E-state index contributed by atoms with van der Waals surface area (Å²) in [6.07, 6.45) is 1.02. The highest BCUT2D eigenvalue weighted by molar-refractivity contribution is 8.00. The van der Waals surface area contributed by atoms with Gasteiger partial charge in [-0.25, -0.2) is 0 Å². The van der Waals surface area contributed by atoms with Gasteiger partial charge >= 0.3 is 0 Å². The van der Waals surface area contributed by atoms with E-state index in [0.29, 0.717) is 18.3 Å². The standard InChI is InChI=1S/C13H14N2O2S/c16-12-7-15(8-13(17)14-12)6-10-5-9-3-1-2-4-11(9)18-10/h1-4,10H,5-8H2,(H,14,16,17). The lowest BCUT2D eigenvalue weighted by molar-refractivity contribution is -0.135. The highest BCUT2D eigenvalue weighted by Crippen LogP contribution is 2.37. The van der Waals surface area contributed by atoms with Crippen LogP contribution in [0.25, 0.3) is 0 Å². The molecule has 0 saturated carbocycles. The second-order valence-electron chi connectivity index (χ2n) is 4.69. The fraction of sp³-hybridized carbons (Fsp3) is 0.385. The molecule has 4 nitrogen and oxygen atoms in total. The summed E-state index contributed by atoms with van der Waals surface area (Å²) in [7, 11) is 0. The summed E-state index contributed by atoms with van der Waals surface area (Å²) in [4.78, 5) is 25.9. The van der Waals surface area contributed by atoms with Crippen LogP contribution in [0.4, 0.5) is 0 Å². The Hall–Kier alpha value is -1.33. The van der Waals surface area contributed by atoms with Gasteiger partial charge in [0.05, 0.1) is 13.1 Å². The van der Waals surface area contributed by atoms with Gasteiger partial charge in [-0.1, -0.05) is 18.2 Å². The van der Waals surface area contributed by atoms with Crippen molar-refractivity contribution in [3.63, 3.8) is 0 Å². The lowest BCUT2D eigenvalue weighted by Gasteiger charge is -2.27. The molecule has 5 heteroatoms. The van der Waals surface area contributed by atoms with Gasteiger partial charge in [-0.2, -0.15) is 0 Å². The van der Waals surface area contributed by atoms with Gasteiger partial charge in [0.15, 0.2) is 0 Å². The minimum atomic E-state index is -0.188. The number of thioether (sulfide) groups is 1. The number of nitrogens with one attached hydrogen (secondary N) is 1. The van der Waals surface area contributed by atoms with Crippen molar-refractivity contribution < 1.29 is 9.59 Å². The van der Waals surface area contributed by atoms with Crippen molar-refractivity contribution in [3.05, 3.63) is 29.8 Å². The average molecular weight is 262 g/mol. The van der Waals surface area contributed by atoms with Gasteiger partial charge in [-0.15, -0.1) is 11.8 Å². The lowest BCUT2D eigenvalue weighted by atomic mass is 10.1. The van der Waals surface area contributed by atoms with Crippen LogP contribution in [0.2, 0.25) is 0 Å². The second-order valence-corrected chi connectivity index (χ2v) is 6.03. The number of rotatable bonds is 2. The maximum atomic E-state index is 11.3. The highest BCUT2D eigenvalue weighted by Gasteiger charge is 2.28. The maximum absolute atomic E-state index is 11.3. The number of hydrogen-bond donors (Lipinski definition) is 1. The molecule has 0 spiro atoms. The fourth-order valence-corrected chi connectivity index (χ4v) is 3.84. The van der Waals surface area contributed by atoms with Crippen molar-refractivity contribution in [2.75, 3.05) is 19.6 Å². The fourth-order valence-electron chi connectivity index (χ4n) is 2.47. The molecule has 1 saturated heterocycles. The highest BCUT2D eigenvalue weighted by atomic mass is 32.2. The predicted molar refractivity (Wildman–Crippen MR) is 69.4 cm³/mol. The molecule has 1 unspecified atom stereocenters. The molecule has 0 bridgehead atoms. The number of carbonyl (C=O) groups is 2. The van der Waals surface area contributed by atoms with Crippen LogP contribution in [0.15, 0.2) is 29.2 Å². The Kier molecular flexibility index (Phi) is 3.09. The van der Waals surface area contributed by atoms with Gasteiger partial charge in [0.1, 0.15) is 0 Å². The van der Waals surface area contributed by atoms with Crippen LogP contribution in [0.3, 0.4) is 0 Å². The van der Waals surface area contributed by atoms with Crippen LogP contribution in [0.1, 0.15) is 5.56 Å². The van der Waals surface area contributed by atoms with Crippen LogP contribution in [0.5, 0.6) is 0 Å². The molecule has 2 aliphatic rings. The topological polar surface area (TPSA) is 49.4 Å². The van der Waals surface area contributed by atoms with E-state index in [0.717, 1.165) is 13.0 Å². The number of imide groups is 1. The Bertz CT molecular complexity index is 463. The zero-order chi connectivity index (χ0) is 12.5. The number of hydrogen-bond acceptors (Lipinski definition) is 4. The van der Waals surface area contributed by atoms with Gasteiger partial charge in [-0.05, 0) is 18.1 Å². The molecule has 0 radical (unpaired) electrons. The molecule has 2 amide bonds. The van der Waals surface area contributed by atoms with E-state index in [1.54, 1.807) is 0 Å². The first kappa shape index (κ1) is 11.7. The summed E-state index contributed by atoms with van der Waals surface area (Å²) in [6, 6.07) is 8.39. The molecule has 1 aromatic carbocycles. The van der Waals surface area contributed by atoms with E-state index >= 15 is 0 Å². The van der Waals surface area contributed by atoms with Crippen molar-refractivity contribution in [1.82, 2.24) is 10.2 Å². The van der Waals surface area contributed by atoms with E-state index < -0.39 is 0 Å². The quantitative estimate of drug-likeness (QED) is 0.796. The Labute approximate surface area is 110 Å². The van der Waals surface area contributed by atoms with Crippen molar-refractivity contribution in [2.24, 2.45) is 0 Å². The molecule has 2 aliphatic heterocycles. The summed E-state index contributed by atoms with van der Waals surface area (Å²) < 4.78 is 0. The van der Waals surface area contributed by atoms with Gasteiger partial charge in [0, 0.05) is 16.7 Å².